The van der Waals surface area contributed by atoms with E-state index in [2.05, 4.69) is 5.32 Å². The van der Waals surface area contributed by atoms with E-state index in [-0.39, 0.29) is 12.6 Å². The molecule has 2 rings (SSSR count). The number of benzene rings is 2. The Morgan fingerprint density at radius 1 is 1.18 bits per heavy atom. The van der Waals surface area contributed by atoms with E-state index in [4.69, 9.17) is 16.3 Å². The molecule has 1 atom stereocenters. The first-order valence-corrected chi connectivity index (χ1v) is 7.90. The minimum atomic E-state index is 0.0842. The van der Waals surface area contributed by atoms with Gasteiger partial charge in [0.15, 0.2) is 0 Å². The molecule has 2 N–H and O–H groups in total. The van der Waals surface area contributed by atoms with Gasteiger partial charge in [-0.05, 0) is 30.2 Å². The molecule has 0 spiro atoms. The third-order valence-corrected chi connectivity index (χ3v) is 3.79. The summed E-state index contributed by atoms with van der Waals surface area (Å²) in [6.45, 7) is 3.30. The molecular formula is C18H22ClNO2. The maximum atomic E-state index is 9.26. The zero-order chi connectivity index (χ0) is 15.8. The molecule has 22 heavy (non-hydrogen) atoms. The third-order valence-electron chi connectivity index (χ3n) is 3.55. The fourth-order valence-electron chi connectivity index (χ4n) is 2.15. The lowest BCUT2D eigenvalue weighted by atomic mass is 10.1. The van der Waals surface area contributed by atoms with Gasteiger partial charge in [0.1, 0.15) is 12.4 Å². The molecule has 0 radical (unpaired) electrons. The van der Waals surface area contributed by atoms with Crippen LogP contribution in [0.3, 0.4) is 0 Å². The van der Waals surface area contributed by atoms with Crippen molar-refractivity contribution in [3.63, 3.8) is 0 Å². The van der Waals surface area contributed by atoms with Gasteiger partial charge in [-0.1, -0.05) is 48.9 Å². The molecule has 3 nitrogen and oxygen atoms in total. The number of nitrogens with one attached hydrogen (secondary N) is 1. The number of hydrogen-bond acceptors (Lipinski definition) is 3. The van der Waals surface area contributed by atoms with Crippen LogP contribution in [0.25, 0.3) is 0 Å². The Hall–Kier alpha value is -1.55. The highest BCUT2D eigenvalue weighted by Crippen LogP contribution is 2.24. The number of aliphatic hydroxyl groups excluding tert-OH is 1. The second-order valence-corrected chi connectivity index (χ2v) is 5.63. The van der Waals surface area contributed by atoms with Gasteiger partial charge in [-0.25, -0.2) is 0 Å². The average Bonchev–Trinajstić information content (AvgIpc) is 2.56. The van der Waals surface area contributed by atoms with Crippen molar-refractivity contribution in [3.8, 4) is 5.75 Å². The Balaban J connectivity index is 2.03. The van der Waals surface area contributed by atoms with Crippen molar-refractivity contribution in [1.82, 2.24) is 5.32 Å². The lowest BCUT2D eigenvalue weighted by Gasteiger charge is -2.17. The zero-order valence-corrected chi connectivity index (χ0v) is 13.5. The SMILES string of the molecule is CC[C@H](CO)NCc1cc(Cl)ccc1OCc1ccccc1. The van der Waals surface area contributed by atoms with Crippen LogP contribution in [0.5, 0.6) is 5.75 Å². The standard InChI is InChI=1S/C18H22ClNO2/c1-2-17(12-21)20-11-15-10-16(19)8-9-18(15)22-13-14-6-4-3-5-7-14/h3-10,17,20-21H,2,11-13H2,1H3/t17-/m1/s1. The molecule has 4 heteroatoms. The molecule has 0 aliphatic rings. The Labute approximate surface area is 136 Å². The van der Waals surface area contributed by atoms with E-state index in [0.29, 0.717) is 18.2 Å². The van der Waals surface area contributed by atoms with Crippen LogP contribution in [0.15, 0.2) is 48.5 Å². The Morgan fingerprint density at radius 3 is 2.64 bits per heavy atom. The zero-order valence-electron chi connectivity index (χ0n) is 12.8. The lowest BCUT2D eigenvalue weighted by Crippen LogP contribution is -2.31. The molecule has 0 aliphatic carbocycles. The van der Waals surface area contributed by atoms with Crippen LogP contribution >= 0.6 is 11.6 Å². The van der Waals surface area contributed by atoms with Gasteiger partial charge in [-0.15, -0.1) is 0 Å². The highest BCUT2D eigenvalue weighted by atomic mass is 35.5. The summed E-state index contributed by atoms with van der Waals surface area (Å²) in [5.74, 6) is 0.813. The molecule has 0 saturated heterocycles. The van der Waals surface area contributed by atoms with Crippen LogP contribution in [0.1, 0.15) is 24.5 Å². The molecule has 0 amide bonds. The fraction of sp³-hybridized carbons (Fsp3) is 0.333. The lowest BCUT2D eigenvalue weighted by molar-refractivity contribution is 0.237. The quantitative estimate of drug-likeness (QED) is 0.778. The largest absolute Gasteiger partial charge is 0.489 e. The topological polar surface area (TPSA) is 41.5 Å². The molecule has 0 saturated carbocycles. The third kappa shape index (κ3) is 5.02. The number of halogens is 1. The normalized spacial score (nSPS) is 12.1. The van der Waals surface area contributed by atoms with Crippen molar-refractivity contribution in [1.29, 1.82) is 0 Å². The number of hydrogen-bond donors (Lipinski definition) is 2. The smallest absolute Gasteiger partial charge is 0.124 e. The highest BCUT2D eigenvalue weighted by molar-refractivity contribution is 6.30. The van der Waals surface area contributed by atoms with Crippen LogP contribution in [-0.4, -0.2) is 17.8 Å². The maximum absolute atomic E-state index is 9.26. The summed E-state index contributed by atoms with van der Waals surface area (Å²) in [6.07, 6.45) is 0.872. The first-order chi connectivity index (χ1) is 10.7. The van der Waals surface area contributed by atoms with Gasteiger partial charge in [0.05, 0.1) is 6.61 Å². The van der Waals surface area contributed by atoms with Crippen LogP contribution in [0, 0.1) is 0 Å². The van der Waals surface area contributed by atoms with Gasteiger partial charge in [0.25, 0.3) is 0 Å². The number of aliphatic hydroxyl groups is 1. The van der Waals surface area contributed by atoms with Crippen molar-refractivity contribution < 1.29 is 9.84 Å². The van der Waals surface area contributed by atoms with Gasteiger partial charge in [0.2, 0.25) is 0 Å². The molecule has 2 aromatic carbocycles. The second-order valence-electron chi connectivity index (χ2n) is 5.19. The van der Waals surface area contributed by atoms with Crippen molar-refractivity contribution in [2.75, 3.05) is 6.61 Å². The van der Waals surface area contributed by atoms with Gasteiger partial charge in [-0.3, -0.25) is 0 Å². The molecule has 0 aromatic heterocycles. The Kier molecular flexibility index (Phi) is 6.72. The summed E-state index contributed by atoms with van der Waals surface area (Å²) in [6, 6.07) is 15.8. The average molecular weight is 320 g/mol. The highest BCUT2D eigenvalue weighted by Gasteiger charge is 2.08. The van der Waals surface area contributed by atoms with E-state index in [1.165, 1.54) is 0 Å². The molecule has 0 aliphatic heterocycles. The molecule has 2 aromatic rings. The minimum absolute atomic E-state index is 0.0842. The molecule has 0 bridgehead atoms. The first kappa shape index (κ1) is 16.8. The van der Waals surface area contributed by atoms with Gasteiger partial charge in [-0.2, -0.15) is 0 Å². The van der Waals surface area contributed by atoms with E-state index in [0.717, 1.165) is 23.3 Å². The Bertz CT molecular complexity index is 571. The summed E-state index contributed by atoms with van der Waals surface area (Å²) in [4.78, 5) is 0. The van der Waals surface area contributed by atoms with E-state index in [9.17, 15) is 5.11 Å². The van der Waals surface area contributed by atoms with Gasteiger partial charge < -0.3 is 15.2 Å². The molecule has 0 fully saturated rings. The van der Waals surface area contributed by atoms with Crippen LogP contribution in [0.4, 0.5) is 0 Å². The van der Waals surface area contributed by atoms with Crippen molar-refractivity contribution in [2.45, 2.75) is 32.5 Å². The van der Waals surface area contributed by atoms with E-state index >= 15 is 0 Å². The van der Waals surface area contributed by atoms with Gasteiger partial charge >= 0.3 is 0 Å². The molecule has 118 valence electrons. The van der Waals surface area contributed by atoms with E-state index in [1.54, 1.807) is 0 Å². The summed E-state index contributed by atoms with van der Waals surface area (Å²) in [5.41, 5.74) is 2.12. The van der Waals surface area contributed by atoms with Crippen molar-refractivity contribution in [3.05, 3.63) is 64.7 Å². The van der Waals surface area contributed by atoms with E-state index in [1.807, 2.05) is 55.5 Å². The monoisotopic (exact) mass is 319 g/mol. The number of ether oxygens (including phenoxy) is 1. The summed E-state index contributed by atoms with van der Waals surface area (Å²) >= 11 is 6.08. The summed E-state index contributed by atoms with van der Waals surface area (Å²) in [5, 5.41) is 13.3. The first-order valence-electron chi connectivity index (χ1n) is 7.52. The second kappa shape index (κ2) is 8.79. The molecule has 0 heterocycles. The number of rotatable bonds is 8. The van der Waals surface area contributed by atoms with Crippen LogP contribution < -0.4 is 10.1 Å². The van der Waals surface area contributed by atoms with E-state index < -0.39 is 0 Å². The predicted octanol–water partition coefficient (Wildman–Crippen LogP) is 3.78. The summed E-state index contributed by atoms with van der Waals surface area (Å²) < 4.78 is 5.92. The van der Waals surface area contributed by atoms with Crippen LogP contribution in [0.2, 0.25) is 5.02 Å². The Morgan fingerprint density at radius 2 is 1.95 bits per heavy atom. The molecular weight excluding hydrogens is 298 g/mol. The minimum Gasteiger partial charge on any atom is -0.489 e. The molecule has 0 unspecified atom stereocenters. The van der Waals surface area contributed by atoms with Crippen LogP contribution in [-0.2, 0) is 13.2 Å². The predicted molar refractivity (Wildman–Crippen MR) is 90.2 cm³/mol. The van der Waals surface area contributed by atoms with Crippen molar-refractivity contribution in [2.24, 2.45) is 0 Å². The fourth-order valence-corrected chi connectivity index (χ4v) is 2.35. The summed E-state index contributed by atoms with van der Waals surface area (Å²) in [7, 11) is 0. The van der Waals surface area contributed by atoms with Crippen molar-refractivity contribution >= 4 is 11.6 Å². The van der Waals surface area contributed by atoms with Gasteiger partial charge in [0, 0.05) is 23.2 Å². The maximum Gasteiger partial charge on any atom is 0.124 e.